The van der Waals surface area contributed by atoms with Crippen LogP contribution in [0.2, 0.25) is 0 Å². The summed E-state index contributed by atoms with van der Waals surface area (Å²) in [5.74, 6) is -0.171. The number of thioether (sulfide) groups is 1. The van der Waals surface area contributed by atoms with Gasteiger partial charge in [0, 0.05) is 19.5 Å². The van der Waals surface area contributed by atoms with Gasteiger partial charge in [-0.05, 0) is 32.3 Å². The summed E-state index contributed by atoms with van der Waals surface area (Å²) in [7, 11) is 1.75. The van der Waals surface area contributed by atoms with Crippen molar-refractivity contribution in [3.05, 3.63) is 5.69 Å². The molecule has 9 heteroatoms. The fourth-order valence-corrected chi connectivity index (χ4v) is 3.26. The zero-order valence-electron chi connectivity index (χ0n) is 12.9. The zero-order chi connectivity index (χ0) is 16.4. The highest BCUT2D eigenvalue weighted by atomic mass is 32.2. The number of hydrogen-bond donors (Lipinski definition) is 1. The molecule has 2 heterocycles. The van der Waals surface area contributed by atoms with Crippen molar-refractivity contribution in [2.45, 2.75) is 31.5 Å². The van der Waals surface area contributed by atoms with Gasteiger partial charge in [-0.25, -0.2) is 9.78 Å². The predicted octanol–water partition coefficient (Wildman–Crippen LogP) is 1.32. The maximum atomic E-state index is 12.3. The average Bonchev–Trinajstić information content (AvgIpc) is 2.74. The monoisotopic (exact) mass is 342 g/mol. The minimum atomic E-state index is -0.459. The molecule has 0 bridgehead atoms. The zero-order valence-corrected chi connectivity index (χ0v) is 14.5. The number of anilines is 1. The Kier molecular flexibility index (Phi) is 5.07. The van der Waals surface area contributed by atoms with Crippen LogP contribution in [0.4, 0.5) is 5.82 Å². The number of thiocarbonyl (C=S) groups is 1. The molecule has 1 N–H and O–H groups in total. The molecule has 0 spiro atoms. The van der Waals surface area contributed by atoms with Crippen molar-refractivity contribution in [3.63, 3.8) is 0 Å². The van der Waals surface area contributed by atoms with Gasteiger partial charge in [0.1, 0.15) is 0 Å². The van der Waals surface area contributed by atoms with Gasteiger partial charge in [-0.1, -0.05) is 11.8 Å². The number of carbonyl (C=O) groups is 2. The molecule has 1 aromatic rings. The molecule has 1 fully saturated rings. The second-order valence-electron chi connectivity index (χ2n) is 4.83. The van der Waals surface area contributed by atoms with E-state index in [1.165, 1.54) is 11.8 Å². The number of ether oxygens (including phenoxy) is 1. The summed E-state index contributed by atoms with van der Waals surface area (Å²) in [5, 5.41) is 3.53. The third kappa shape index (κ3) is 2.95. The van der Waals surface area contributed by atoms with Crippen molar-refractivity contribution in [2.24, 2.45) is 7.05 Å². The van der Waals surface area contributed by atoms with Crippen LogP contribution in [-0.4, -0.2) is 45.4 Å². The fraction of sp³-hybridized carbons (Fsp3) is 0.538. The molecular weight excluding hydrogens is 324 g/mol. The van der Waals surface area contributed by atoms with Crippen LogP contribution in [-0.2, 0) is 16.6 Å². The number of carbonyl (C=O) groups excluding carboxylic acids is 2. The number of nitrogens with zero attached hydrogens (tertiary/aromatic N) is 3. The van der Waals surface area contributed by atoms with Crippen molar-refractivity contribution in [1.82, 2.24) is 14.9 Å². The molecule has 1 aliphatic rings. The van der Waals surface area contributed by atoms with Crippen molar-refractivity contribution in [3.8, 4) is 0 Å². The molecule has 2 rings (SSSR count). The van der Waals surface area contributed by atoms with Gasteiger partial charge in [-0.2, -0.15) is 0 Å². The Hall–Kier alpha value is -1.61. The first-order valence-electron chi connectivity index (χ1n) is 6.81. The van der Waals surface area contributed by atoms with Gasteiger partial charge in [0.2, 0.25) is 5.91 Å². The first-order chi connectivity index (χ1) is 10.4. The molecule has 1 aliphatic heterocycles. The first-order valence-corrected chi connectivity index (χ1v) is 8.44. The third-order valence-corrected chi connectivity index (χ3v) is 4.33. The van der Waals surface area contributed by atoms with E-state index < -0.39 is 5.97 Å². The molecular formula is C13H18N4O3S2. The summed E-state index contributed by atoms with van der Waals surface area (Å²) in [5.41, 5.74) is 0.330. The third-order valence-electron chi connectivity index (χ3n) is 3.30. The minimum Gasteiger partial charge on any atom is -0.461 e. The van der Waals surface area contributed by atoms with E-state index in [-0.39, 0.29) is 30.1 Å². The smallest absolute Gasteiger partial charge is 0.358 e. The van der Waals surface area contributed by atoms with Gasteiger partial charge in [0.25, 0.3) is 0 Å². The molecule has 1 aromatic heterocycles. The van der Waals surface area contributed by atoms with Gasteiger partial charge in [0.15, 0.2) is 21.8 Å². The molecule has 0 aromatic carbocycles. The summed E-state index contributed by atoms with van der Waals surface area (Å²) in [6.07, 6.45) is 2.16. The van der Waals surface area contributed by atoms with Crippen molar-refractivity contribution >= 4 is 46.8 Å². The SMILES string of the molecule is CCOC(=O)c1c(N2C(=S)NC(=O)CC2C)nc(SC)n1C. The van der Waals surface area contributed by atoms with E-state index >= 15 is 0 Å². The quantitative estimate of drug-likeness (QED) is 0.502. The number of amides is 1. The predicted molar refractivity (Wildman–Crippen MR) is 88.2 cm³/mol. The van der Waals surface area contributed by atoms with Crippen LogP contribution < -0.4 is 10.2 Å². The maximum Gasteiger partial charge on any atom is 0.358 e. The number of rotatable bonds is 4. The van der Waals surface area contributed by atoms with Gasteiger partial charge >= 0.3 is 5.97 Å². The van der Waals surface area contributed by atoms with E-state index in [0.29, 0.717) is 16.7 Å². The molecule has 1 amide bonds. The van der Waals surface area contributed by atoms with E-state index in [2.05, 4.69) is 10.3 Å². The lowest BCUT2D eigenvalue weighted by molar-refractivity contribution is -0.120. The van der Waals surface area contributed by atoms with E-state index in [9.17, 15) is 9.59 Å². The number of hydrogen-bond acceptors (Lipinski definition) is 6. The first kappa shape index (κ1) is 16.8. The molecule has 0 radical (unpaired) electrons. The fourth-order valence-electron chi connectivity index (χ4n) is 2.34. The lowest BCUT2D eigenvalue weighted by atomic mass is 10.1. The Morgan fingerprint density at radius 3 is 2.82 bits per heavy atom. The Morgan fingerprint density at radius 1 is 1.59 bits per heavy atom. The molecule has 1 saturated heterocycles. The van der Waals surface area contributed by atoms with Crippen LogP contribution in [0.25, 0.3) is 0 Å². The van der Waals surface area contributed by atoms with E-state index in [0.717, 1.165) is 0 Å². The van der Waals surface area contributed by atoms with Gasteiger partial charge in [0.05, 0.1) is 6.61 Å². The van der Waals surface area contributed by atoms with Crippen LogP contribution in [0.1, 0.15) is 30.8 Å². The molecule has 22 heavy (non-hydrogen) atoms. The molecule has 1 atom stereocenters. The number of imidazole rings is 1. The summed E-state index contributed by atoms with van der Waals surface area (Å²) >= 11 is 6.67. The molecule has 0 saturated carbocycles. The Balaban J connectivity index is 2.51. The van der Waals surface area contributed by atoms with Crippen LogP contribution in [0.3, 0.4) is 0 Å². The lowest BCUT2D eigenvalue weighted by Crippen LogP contribution is -2.54. The lowest BCUT2D eigenvalue weighted by Gasteiger charge is -2.34. The Labute approximate surface area is 138 Å². The van der Waals surface area contributed by atoms with E-state index in [4.69, 9.17) is 17.0 Å². The molecule has 7 nitrogen and oxygen atoms in total. The van der Waals surface area contributed by atoms with Crippen molar-refractivity contribution < 1.29 is 14.3 Å². The van der Waals surface area contributed by atoms with Crippen LogP contribution in [0.5, 0.6) is 0 Å². The summed E-state index contributed by atoms with van der Waals surface area (Å²) in [6.45, 7) is 3.89. The molecule has 0 aliphatic carbocycles. The Bertz CT molecular complexity index is 629. The number of esters is 1. The number of nitrogens with one attached hydrogen (secondary N) is 1. The Morgan fingerprint density at radius 2 is 2.27 bits per heavy atom. The van der Waals surface area contributed by atoms with Crippen molar-refractivity contribution in [2.75, 3.05) is 17.8 Å². The second kappa shape index (κ2) is 6.66. The maximum absolute atomic E-state index is 12.3. The minimum absolute atomic E-state index is 0.132. The van der Waals surface area contributed by atoms with E-state index in [1.54, 1.807) is 23.4 Å². The van der Waals surface area contributed by atoms with Gasteiger partial charge in [-0.3, -0.25) is 9.69 Å². The molecule has 120 valence electrons. The normalized spacial score (nSPS) is 18.4. The highest BCUT2D eigenvalue weighted by molar-refractivity contribution is 7.98. The van der Waals surface area contributed by atoms with E-state index in [1.807, 2.05) is 13.2 Å². The summed E-state index contributed by atoms with van der Waals surface area (Å²) < 4.78 is 6.81. The number of aromatic nitrogens is 2. The highest BCUT2D eigenvalue weighted by Gasteiger charge is 2.34. The van der Waals surface area contributed by atoms with Crippen LogP contribution >= 0.6 is 24.0 Å². The second-order valence-corrected chi connectivity index (χ2v) is 5.99. The summed E-state index contributed by atoms with van der Waals surface area (Å²) in [6, 6.07) is -0.181. The average molecular weight is 342 g/mol. The van der Waals surface area contributed by atoms with Crippen LogP contribution in [0, 0.1) is 0 Å². The highest BCUT2D eigenvalue weighted by Crippen LogP contribution is 2.29. The van der Waals surface area contributed by atoms with Gasteiger partial charge < -0.3 is 14.6 Å². The summed E-state index contributed by atoms with van der Waals surface area (Å²) in [4.78, 5) is 30.0. The standard InChI is InChI=1S/C13H18N4O3S2/c1-5-20-11(19)9-10(15-13(22-4)16(9)3)17-7(2)6-8(18)14-12(17)21/h7H,5-6H2,1-4H3,(H,14,18,21). The topological polar surface area (TPSA) is 76.5 Å². The molecule has 1 unspecified atom stereocenters. The van der Waals surface area contributed by atoms with Crippen molar-refractivity contribution in [1.29, 1.82) is 0 Å². The largest absolute Gasteiger partial charge is 0.461 e. The van der Waals surface area contributed by atoms with Crippen LogP contribution in [0.15, 0.2) is 5.16 Å². The van der Waals surface area contributed by atoms with Gasteiger partial charge in [-0.15, -0.1) is 0 Å².